The van der Waals surface area contributed by atoms with Crippen LogP contribution in [0.4, 0.5) is 10.5 Å². The van der Waals surface area contributed by atoms with Crippen LogP contribution in [0, 0.1) is 0 Å². The van der Waals surface area contributed by atoms with E-state index >= 15 is 0 Å². The van der Waals surface area contributed by atoms with Crippen LogP contribution < -0.4 is 15.5 Å². The highest BCUT2D eigenvalue weighted by Crippen LogP contribution is 2.30. The van der Waals surface area contributed by atoms with E-state index in [9.17, 15) is 9.90 Å². The first-order valence-electron chi connectivity index (χ1n) is 7.88. The number of rotatable bonds is 5. The van der Waals surface area contributed by atoms with E-state index in [-0.39, 0.29) is 6.03 Å². The number of benzene rings is 1. The van der Waals surface area contributed by atoms with Gasteiger partial charge in [-0.05, 0) is 37.0 Å². The predicted octanol–water partition coefficient (Wildman–Crippen LogP) is 1.78. The molecule has 5 heteroatoms. The third kappa shape index (κ3) is 3.60. The normalized spacial score (nSPS) is 18.9. The van der Waals surface area contributed by atoms with Crippen molar-refractivity contribution in [1.29, 1.82) is 0 Å². The quantitative estimate of drug-likeness (QED) is 0.726. The fourth-order valence-electron chi connectivity index (χ4n) is 2.80. The summed E-state index contributed by atoms with van der Waals surface area (Å²) in [6.07, 6.45) is 6.91. The van der Waals surface area contributed by atoms with Gasteiger partial charge in [-0.1, -0.05) is 24.3 Å². The molecule has 1 aromatic rings. The zero-order valence-corrected chi connectivity index (χ0v) is 12.7. The minimum atomic E-state index is -0.681. The molecule has 5 nitrogen and oxygen atoms in total. The largest absolute Gasteiger partial charge is 0.388 e. The fourth-order valence-corrected chi connectivity index (χ4v) is 2.80. The van der Waals surface area contributed by atoms with Crippen LogP contribution in [0.25, 0.3) is 0 Å². The van der Waals surface area contributed by atoms with Crippen molar-refractivity contribution < 1.29 is 9.90 Å². The Morgan fingerprint density at radius 3 is 2.68 bits per heavy atom. The van der Waals surface area contributed by atoms with Gasteiger partial charge < -0.3 is 20.6 Å². The molecule has 2 aliphatic rings. The third-order valence-corrected chi connectivity index (χ3v) is 4.41. The zero-order chi connectivity index (χ0) is 15.4. The van der Waals surface area contributed by atoms with Crippen molar-refractivity contribution in [1.82, 2.24) is 10.6 Å². The fraction of sp³-hybridized carbons (Fsp3) is 0.471. The number of amides is 2. The van der Waals surface area contributed by atoms with E-state index in [1.807, 2.05) is 12.1 Å². The standard InChI is InChI=1S/C17H23N3O2/c21-16(19-13-17(22)7-4-8-17)18-12-14-5-3-6-15(11-14)20-9-1-2-10-20/h1-3,5-6,11,22H,4,7-10,12-13H2,(H2,18,19,21). The molecule has 118 valence electrons. The number of aliphatic hydroxyl groups is 1. The number of carbonyl (C=O) groups excluding carboxylic acids is 1. The minimum absolute atomic E-state index is 0.228. The molecular weight excluding hydrogens is 278 g/mol. The molecule has 1 aliphatic heterocycles. The number of carbonyl (C=O) groups is 1. The smallest absolute Gasteiger partial charge is 0.315 e. The van der Waals surface area contributed by atoms with Crippen molar-refractivity contribution in [3.63, 3.8) is 0 Å². The van der Waals surface area contributed by atoms with E-state index in [1.54, 1.807) is 0 Å². The summed E-state index contributed by atoms with van der Waals surface area (Å²) in [6, 6.07) is 7.98. The SMILES string of the molecule is O=C(NCc1cccc(N2CC=CC2)c1)NCC1(O)CCC1. The highest BCUT2D eigenvalue weighted by molar-refractivity contribution is 5.74. The van der Waals surface area contributed by atoms with Gasteiger partial charge in [-0.2, -0.15) is 0 Å². The van der Waals surface area contributed by atoms with Gasteiger partial charge in [0, 0.05) is 31.9 Å². The molecule has 0 aromatic heterocycles. The van der Waals surface area contributed by atoms with Crippen molar-refractivity contribution in [2.24, 2.45) is 0 Å². The highest BCUT2D eigenvalue weighted by atomic mass is 16.3. The lowest BCUT2D eigenvalue weighted by atomic mass is 9.80. The average molecular weight is 301 g/mol. The van der Waals surface area contributed by atoms with E-state index in [1.165, 1.54) is 5.69 Å². The Morgan fingerprint density at radius 2 is 2.00 bits per heavy atom. The zero-order valence-electron chi connectivity index (χ0n) is 12.7. The van der Waals surface area contributed by atoms with Crippen LogP contribution in [0.1, 0.15) is 24.8 Å². The molecular formula is C17H23N3O2. The van der Waals surface area contributed by atoms with Crippen molar-refractivity contribution in [3.8, 4) is 0 Å². The number of nitrogens with one attached hydrogen (secondary N) is 2. The summed E-state index contributed by atoms with van der Waals surface area (Å²) in [4.78, 5) is 14.1. The Balaban J connectivity index is 1.46. The van der Waals surface area contributed by atoms with Gasteiger partial charge in [0.25, 0.3) is 0 Å². The number of anilines is 1. The van der Waals surface area contributed by atoms with Crippen LogP contribution >= 0.6 is 0 Å². The molecule has 3 rings (SSSR count). The molecule has 0 radical (unpaired) electrons. The van der Waals surface area contributed by atoms with E-state index in [0.29, 0.717) is 13.1 Å². The second kappa shape index (κ2) is 6.40. The molecule has 1 saturated carbocycles. The van der Waals surface area contributed by atoms with Gasteiger partial charge in [0.2, 0.25) is 0 Å². The van der Waals surface area contributed by atoms with Crippen molar-refractivity contribution in [2.75, 3.05) is 24.5 Å². The summed E-state index contributed by atoms with van der Waals surface area (Å²) in [5.74, 6) is 0. The van der Waals surface area contributed by atoms with Crippen molar-refractivity contribution >= 4 is 11.7 Å². The lowest BCUT2D eigenvalue weighted by Crippen LogP contribution is -2.49. The highest BCUT2D eigenvalue weighted by Gasteiger charge is 2.34. The van der Waals surface area contributed by atoms with Crippen molar-refractivity contribution in [2.45, 2.75) is 31.4 Å². The molecule has 1 heterocycles. The Kier molecular flexibility index (Phi) is 4.34. The predicted molar refractivity (Wildman–Crippen MR) is 86.8 cm³/mol. The monoisotopic (exact) mass is 301 g/mol. The maximum Gasteiger partial charge on any atom is 0.315 e. The first-order chi connectivity index (χ1) is 10.6. The summed E-state index contributed by atoms with van der Waals surface area (Å²) in [7, 11) is 0. The third-order valence-electron chi connectivity index (χ3n) is 4.41. The Hall–Kier alpha value is -2.01. The van der Waals surface area contributed by atoms with Crippen LogP contribution in [-0.4, -0.2) is 36.4 Å². The van der Waals surface area contributed by atoms with Gasteiger partial charge >= 0.3 is 6.03 Å². The number of hydrogen-bond donors (Lipinski definition) is 3. The van der Waals surface area contributed by atoms with Crippen LogP contribution in [0.3, 0.4) is 0 Å². The van der Waals surface area contributed by atoms with Crippen LogP contribution in [0.2, 0.25) is 0 Å². The van der Waals surface area contributed by atoms with Gasteiger partial charge in [-0.25, -0.2) is 4.79 Å². The Labute approximate surface area is 131 Å². The Morgan fingerprint density at radius 1 is 1.23 bits per heavy atom. The summed E-state index contributed by atoms with van der Waals surface area (Å²) in [5, 5.41) is 15.5. The molecule has 1 aromatic carbocycles. The van der Waals surface area contributed by atoms with E-state index in [4.69, 9.17) is 0 Å². The molecule has 0 saturated heterocycles. The average Bonchev–Trinajstić information content (AvgIpc) is 3.04. The molecule has 2 amide bonds. The summed E-state index contributed by atoms with van der Waals surface area (Å²) >= 11 is 0. The molecule has 3 N–H and O–H groups in total. The molecule has 1 aliphatic carbocycles. The first-order valence-corrected chi connectivity index (χ1v) is 7.88. The second-order valence-corrected chi connectivity index (χ2v) is 6.16. The van der Waals surface area contributed by atoms with Crippen LogP contribution in [0.15, 0.2) is 36.4 Å². The van der Waals surface area contributed by atoms with E-state index in [2.05, 4.69) is 39.8 Å². The van der Waals surface area contributed by atoms with Crippen LogP contribution in [0.5, 0.6) is 0 Å². The summed E-state index contributed by atoms with van der Waals surface area (Å²) in [5.41, 5.74) is 1.57. The Bertz CT molecular complexity index is 559. The second-order valence-electron chi connectivity index (χ2n) is 6.16. The lowest BCUT2D eigenvalue weighted by molar-refractivity contribution is -0.0290. The maximum absolute atomic E-state index is 11.8. The van der Waals surface area contributed by atoms with Gasteiger partial charge in [0.05, 0.1) is 5.60 Å². The first kappa shape index (κ1) is 14.9. The number of hydrogen-bond acceptors (Lipinski definition) is 3. The molecule has 0 unspecified atom stereocenters. The number of urea groups is 1. The topological polar surface area (TPSA) is 64.6 Å². The van der Waals surface area contributed by atoms with Crippen molar-refractivity contribution in [3.05, 3.63) is 42.0 Å². The molecule has 1 fully saturated rings. The molecule has 22 heavy (non-hydrogen) atoms. The van der Waals surface area contributed by atoms with Gasteiger partial charge in [0.15, 0.2) is 0 Å². The van der Waals surface area contributed by atoms with Crippen LogP contribution in [-0.2, 0) is 6.54 Å². The molecule has 0 atom stereocenters. The summed E-state index contributed by atoms with van der Waals surface area (Å²) in [6.45, 7) is 2.70. The van der Waals surface area contributed by atoms with Gasteiger partial charge in [0.1, 0.15) is 0 Å². The van der Waals surface area contributed by atoms with E-state index in [0.717, 1.165) is 37.9 Å². The van der Waals surface area contributed by atoms with Gasteiger partial charge in [-0.15, -0.1) is 0 Å². The molecule has 0 bridgehead atoms. The summed E-state index contributed by atoms with van der Waals surface area (Å²) < 4.78 is 0. The number of nitrogens with zero attached hydrogens (tertiary/aromatic N) is 1. The van der Waals surface area contributed by atoms with Gasteiger partial charge in [-0.3, -0.25) is 0 Å². The van der Waals surface area contributed by atoms with E-state index < -0.39 is 5.60 Å². The molecule has 0 spiro atoms. The lowest BCUT2D eigenvalue weighted by Gasteiger charge is -2.36. The minimum Gasteiger partial charge on any atom is -0.388 e. The maximum atomic E-state index is 11.8.